The van der Waals surface area contributed by atoms with E-state index in [4.69, 9.17) is 4.74 Å². The van der Waals surface area contributed by atoms with E-state index in [0.717, 1.165) is 56.8 Å². The van der Waals surface area contributed by atoms with E-state index in [0.29, 0.717) is 10.8 Å². The molecule has 3 rings (SSSR count). The van der Waals surface area contributed by atoms with Crippen LogP contribution in [0.25, 0.3) is 0 Å². The molecule has 42 heavy (non-hydrogen) atoms. The maximum atomic E-state index is 9.84. The van der Waals surface area contributed by atoms with E-state index in [1.54, 1.807) is 6.08 Å². The summed E-state index contributed by atoms with van der Waals surface area (Å²) in [7, 11) is 0. The minimum atomic E-state index is -0.738. The lowest BCUT2D eigenvalue weighted by Crippen LogP contribution is -2.62. The van der Waals surface area contributed by atoms with Crippen molar-refractivity contribution in [2.75, 3.05) is 0 Å². The molecule has 1 aliphatic heterocycles. The van der Waals surface area contributed by atoms with Crippen molar-refractivity contribution in [3.05, 3.63) is 60.3 Å². The molecule has 0 bridgehead atoms. The van der Waals surface area contributed by atoms with Gasteiger partial charge in [-0.1, -0.05) is 74.3 Å². The minimum absolute atomic E-state index is 0.0554. The van der Waals surface area contributed by atoms with Gasteiger partial charge in [0, 0.05) is 0 Å². The molecule has 6 unspecified atom stereocenters. The first-order valence-corrected chi connectivity index (χ1v) is 17.1. The van der Waals surface area contributed by atoms with E-state index in [1.807, 2.05) is 13.0 Å². The molecule has 0 aromatic carbocycles. The molecule has 3 aliphatic rings. The van der Waals surface area contributed by atoms with Crippen LogP contribution >= 0.6 is 0 Å². The van der Waals surface area contributed by atoms with Gasteiger partial charge in [0.2, 0.25) is 0 Å². The molecule has 0 aromatic heterocycles. The molecule has 2 saturated carbocycles. The summed E-state index contributed by atoms with van der Waals surface area (Å²) in [5.74, 6) is 1.59. The summed E-state index contributed by atoms with van der Waals surface area (Å²) in [6.07, 6.45) is 25.9. The Bertz CT molecular complexity index is 989. The number of hydrogen-bond acceptors (Lipinski definition) is 2. The van der Waals surface area contributed by atoms with Crippen molar-refractivity contribution < 1.29 is 9.84 Å². The molecule has 2 aliphatic carbocycles. The fourth-order valence-electron chi connectivity index (χ4n) is 8.57. The van der Waals surface area contributed by atoms with Gasteiger partial charge < -0.3 is 9.84 Å². The van der Waals surface area contributed by atoms with Crippen molar-refractivity contribution >= 4 is 0 Å². The topological polar surface area (TPSA) is 29.5 Å². The van der Waals surface area contributed by atoms with Gasteiger partial charge in [0.05, 0.1) is 16.8 Å². The highest BCUT2D eigenvalue weighted by Gasteiger charge is 2.61. The van der Waals surface area contributed by atoms with Crippen LogP contribution in [0.15, 0.2) is 60.3 Å². The van der Waals surface area contributed by atoms with Gasteiger partial charge in [0.25, 0.3) is 0 Å². The van der Waals surface area contributed by atoms with E-state index in [1.165, 1.54) is 55.2 Å². The van der Waals surface area contributed by atoms with Gasteiger partial charge in [-0.05, 0) is 148 Å². The lowest BCUT2D eigenvalue weighted by molar-refractivity contribution is -0.252. The number of rotatable bonds is 11. The second-order valence-electron chi connectivity index (χ2n) is 16.0. The van der Waals surface area contributed by atoms with E-state index in [-0.39, 0.29) is 11.2 Å². The molecule has 2 heteroatoms. The van der Waals surface area contributed by atoms with E-state index in [9.17, 15) is 5.11 Å². The van der Waals surface area contributed by atoms with E-state index < -0.39 is 5.60 Å². The molecule has 0 aromatic rings. The Labute approximate surface area is 261 Å². The number of ether oxygens (including phenoxy) is 1. The summed E-state index contributed by atoms with van der Waals surface area (Å²) in [6, 6.07) is 0. The molecule has 240 valence electrons. The van der Waals surface area contributed by atoms with Crippen LogP contribution < -0.4 is 0 Å². The molecule has 0 spiro atoms. The number of aliphatic hydroxyl groups is 1. The molecule has 0 radical (unpaired) electrons. The lowest BCUT2D eigenvalue weighted by Gasteiger charge is -2.65. The second kappa shape index (κ2) is 15.1. The van der Waals surface area contributed by atoms with Gasteiger partial charge in [0.15, 0.2) is 0 Å². The molecule has 6 atom stereocenters. The zero-order chi connectivity index (χ0) is 31.8. The minimum Gasteiger partial charge on any atom is -0.386 e. The smallest absolute Gasteiger partial charge is 0.0839 e. The maximum absolute atomic E-state index is 9.84. The first-order chi connectivity index (χ1) is 19.4. The van der Waals surface area contributed by atoms with Crippen molar-refractivity contribution in [3.63, 3.8) is 0 Å². The summed E-state index contributed by atoms with van der Waals surface area (Å²) in [6.45, 7) is 30.4. The van der Waals surface area contributed by atoms with Crippen LogP contribution in [0.2, 0.25) is 0 Å². The normalized spacial score (nSPS) is 34.1. The third-order valence-electron chi connectivity index (χ3n) is 11.3. The molecule has 1 saturated heterocycles. The first kappa shape index (κ1) is 36.8. The third-order valence-corrected chi connectivity index (χ3v) is 11.3. The lowest BCUT2D eigenvalue weighted by atomic mass is 9.44. The fourth-order valence-corrected chi connectivity index (χ4v) is 8.57. The molecule has 3 fully saturated rings. The zero-order valence-electron chi connectivity index (χ0n) is 29.5. The zero-order valence-corrected chi connectivity index (χ0v) is 29.5. The monoisotopic (exact) mass is 581 g/mol. The molecular weight excluding hydrogens is 512 g/mol. The van der Waals surface area contributed by atoms with E-state index in [2.05, 4.69) is 93.7 Å². The Hall–Kier alpha value is -1.38. The highest BCUT2D eigenvalue weighted by molar-refractivity contribution is 5.13. The molecule has 1 N–H and O–H groups in total. The SMILES string of the molecule is C=CC(C)(O)CC/C=C(\C)CC/C=C(\C)CCC=C(C)C.C=CC1(C)CCC2C(C)(CCC3C(C)(C)CCCC32C)O1. The molecule has 0 amide bonds. The third kappa shape index (κ3) is 10.1. The number of hydrogen-bond donors (Lipinski definition) is 1. The Morgan fingerprint density at radius 2 is 1.38 bits per heavy atom. The highest BCUT2D eigenvalue weighted by atomic mass is 16.5. The largest absolute Gasteiger partial charge is 0.386 e. The van der Waals surface area contributed by atoms with Crippen LogP contribution in [0.1, 0.15) is 153 Å². The standard InChI is InChI=1S/2C20H34O/c1-7-18(4)13-9-16-19(5)12-8-11-17(2,3)15(19)10-14-20(16,6)21-18;1-7-20(6,21)16-10-15-19(5)14-9-13-18(4)12-8-11-17(2)3/h7,15-16H,1,8-14H2,2-6H3;7,11,13,15,21H,1,8-10,12,14,16H2,2-6H3/b;18-13+,19-15+. The van der Waals surface area contributed by atoms with Crippen LogP contribution in [0, 0.1) is 22.7 Å². The summed E-state index contributed by atoms with van der Waals surface area (Å²) in [5, 5.41) is 9.84. The highest BCUT2D eigenvalue weighted by Crippen LogP contribution is 2.65. The van der Waals surface area contributed by atoms with Crippen LogP contribution in [-0.2, 0) is 4.74 Å². The summed E-state index contributed by atoms with van der Waals surface area (Å²) >= 11 is 0. The van der Waals surface area contributed by atoms with Crippen LogP contribution in [0.3, 0.4) is 0 Å². The van der Waals surface area contributed by atoms with Gasteiger partial charge in [-0.2, -0.15) is 0 Å². The molecule has 1 heterocycles. The van der Waals surface area contributed by atoms with Crippen molar-refractivity contribution in [2.45, 2.75) is 170 Å². The predicted molar refractivity (Wildman–Crippen MR) is 185 cm³/mol. The first-order valence-electron chi connectivity index (χ1n) is 17.1. The van der Waals surface area contributed by atoms with Crippen molar-refractivity contribution in [1.29, 1.82) is 0 Å². The maximum Gasteiger partial charge on any atom is 0.0839 e. The number of fused-ring (bicyclic) bond motifs is 3. The molecule has 2 nitrogen and oxygen atoms in total. The fraction of sp³-hybridized carbons (Fsp3) is 0.750. The Balaban J connectivity index is 0.000000293. The van der Waals surface area contributed by atoms with Gasteiger partial charge in [0.1, 0.15) is 0 Å². The van der Waals surface area contributed by atoms with Crippen LogP contribution in [-0.4, -0.2) is 21.9 Å². The van der Waals surface area contributed by atoms with Crippen LogP contribution in [0.5, 0.6) is 0 Å². The van der Waals surface area contributed by atoms with Crippen molar-refractivity contribution in [3.8, 4) is 0 Å². The summed E-state index contributed by atoms with van der Waals surface area (Å²) < 4.78 is 6.68. The van der Waals surface area contributed by atoms with Crippen molar-refractivity contribution in [2.24, 2.45) is 22.7 Å². The molecular formula is C40H68O2. The average Bonchev–Trinajstić information content (AvgIpc) is 2.87. The Kier molecular flexibility index (Phi) is 13.2. The summed E-state index contributed by atoms with van der Waals surface area (Å²) in [4.78, 5) is 0. The summed E-state index contributed by atoms with van der Waals surface area (Å²) in [5.41, 5.74) is 4.47. The Morgan fingerprint density at radius 3 is 1.95 bits per heavy atom. The van der Waals surface area contributed by atoms with Crippen LogP contribution in [0.4, 0.5) is 0 Å². The van der Waals surface area contributed by atoms with Gasteiger partial charge >= 0.3 is 0 Å². The number of allylic oxidation sites excluding steroid dienone is 6. The van der Waals surface area contributed by atoms with Gasteiger partial charge in [-0.15, -0.1) is 13.2 Å². The average molecular weight is 581 g/mol. The second-order valence-corrected chi connectivity index (χ2v) is 16.0. The van der Waals surface area contributed by atoms with Gasteiger partial charge in [-0.3, -0.25) is 0 Å². The van der Waals surface area contributed by atoms with Crippen molar-refractivity contribution in [1.82, 2.24) is 0 Å². The van der Waals surface area contributed by atoms with E-state index >= 15 is 0 Å². The quantitative estimate of drug-likeness (QED) is 0.246. The Morgan fingerprint density at radius 1 is 0.810 bits per heavy atom. The predicted octanol–water partition coefficient (Wildman–Crippen LogP) is 11.9. The van der Waals surface area contributed by atoms with Gasteiger partial charge in [-0.25, -0.2) is 0 Å².